The van der Waals surface area contributed by atoms with E-state index in [1.54, 1.807) is 36.4 Å². The highest BCUT2D eigenvalue weighted by molar-refractivity contribution is 7.89. The molecule has 3 rings (SSSR count). The summed E-state index contributed by atoms with van der Waals surface area (Å²) in [7, 11) is -3.75. The van der Waals surface area contributed by atoms with Crippen molar-refractivity contribution in [1.82, 2.24) is 10.5 Å². The van der Waals surface area contributed by atoms with E-state index in [1.807, 2.05) is 20.8 Å². The van der Waals surface area contributed by atoms with E-state index in [0.29, 0.717) is 23.7 Å². The normalized spacial score (nSPS) is 12.4. The number of sulfonamides is 1. The topological polar surface area (TPSA) is 125 Å². The van der Waals surface area contributed by atoms with E-state index in [-0.39, 0.29) is 16.8 Å². The quantitative estimate of drug-likeness (QED) is 0.595. The Morgan fingerprint density at radius 1 is 1.20 bits per heavy atom. The van der Waals surface area contributed by atoms with Crippen LogP contribution in [0.25, 0.3) is 0 Å². The zero-order chi connectivity index (χ0) is 21.9. The Hall–Kier alpha value is -3.17. The standard InChI is InChI=1S/C21H23N3O5S/c1-13(16-7-9-19(10-8-16)30(22,26)27)23-21(25)17-5-4-6-18(11-17)28-12-20-14(2)24-29-15(20)3/h4-11,13H,12H2,1-3H3,(H,23,25)(H2,22,26,27). The molecule has 8 nitrogen and oxygen atoms in total. The van der Waals surface area contributed by atoms with Crippen LogP contribution in [0, 0.1) is 13.8 Å². The van der Waals surface area contributed by atoms with E-state index in [1.165, 1.54) is 12.1 Å². The van der Waals surface area contributed by atoms with Crippen LogP contribution in [0.15, 0.2) is 57.9 Å². The van der Waals surface area contributed by atoms with Gasteiger partial charge in [-0.1, -0.05) is 23.4 Å². The molecule has 0 aliphatic rings. The monoisotopic (exact) mass is 429 g/mol. The van der Waals surface area contributed by atoms with Crippen LogP contribution in [0.5, 0.6) is 5.75 Å². The molecule has 1 amide bonds. The lowest BCUT2D eigenvalue weighted by Gasteiger charge is -2.15. The van der Waals surface area contributed by atoms with Crippen molar-refractivity contribution < 1.29 is 22.5 Å². The fraction of sp³-hybridized carbons (Fsp3) is 0.238. The number of aromatic nitrogens is 1. The molecule has 1 atom stereocenters. The molecule has 3 N–H and O–H groups in total. The van der Waals surface area contributed by atoms with Crippen LogP contribution in [0.2, 0.25) is 0 Å². The van der Waals surface area contributed by atoms with E-state index in [0.717, 1.165) is 16.8 Å². The summed E-state index contributed by atoms with van der Waals surface area (Å²) >= 11 is 0. The number of hydrogen-bond donors (Lipinski definition) is 2. The van der Waals surface area contributed by atoms with Gasteiger partial charge in [0.1, 0.15) is 18.1 Å². The van der Waals surface area contributed by atoms with Gasteiger partial charge in [0.25, 0.3) is 5.91 Å². The van der Waals surface area contributed by atoms with Gasteiger partial charge in [-0.05, 0) is 56.7 Å². The summed E-state index contributed by atoms with van der Waals surface area (Å²) in [6, 6.07) is 12.6. The van der Waals surface area contributed by atoms with Crippen molar-refractivity contribution in [2.75, 3.05) is 0 Å². The lowest BCUT2D eigenvalue weighted by Crippen LogP contribution is -2.26. The van der Waals surface area contributed by atoms with Crippen LogP contribution in [0.3, 0.4) is 0 Å². The van der Waals surface area contributed by atoms with Crippen molar-refractivity contribution in [1.29, 1.82) is 0 Å². The van der Waals surface area contributed by atoms with Crippen molar-refractivity contribution in [3.8, 4) is 5.75 Å². The second-order valence-electron chi connectivity index (χ2n) is 6.93. The van der Waals surface area contributed by atoms with Crippen molar-refractivity contribution in [2.45, 2.75) is 38.3 Å². The molecule has 9 heteroatoms. The summed E-state index contributed by atoms with van der Waals surface area (Å²) in [4.78, 5) is 12.7. The number of amides is 1. The molecular weight excluding hydrogens is 406 g/mol. The predicted molar refractivity (Wildman–Crippen MR) is 110 cm³/mol. The van der Waals surface area contributed by atoms with Gasteiger partial charge in [-0.3, -0.25) is 4.79 Å². The summed E-state index contributed by atoms with van der Waals surface area (Å²) in [5.74, 6) is 0.970. The summed E-state index contributed by atoms with van der Waals surface area (Å²) in [5.41, 5.74) is 2.84. The molecule has 2 aromatic carbocycles. The SMILES string of the molecule is Cc1noc(C)c1COc1cccc(C(=O)NC(C)c2ccc(S(N)(=O)=O)cc2)c1. The first-order valence-corrected chi connectivity index (χ1v) is 10.8. The molecule has 30 heavy (non-hydrogen) atoms. The number of nitrogens with one attached hydrogen (secondary N) is 1. The highest BCUT2D eigenvalue weighted by Crippen LogP contribution is 2.20. The Kier molecular flexibility index (Phi) is 6.23. The maximum Gasteiger partial charge on any atom is 0.251 e. The number of rotatable bonds is 7. The zero-order valence-corrected chi connectivity index (χ0v) is 17.7. The van der Waals surface area contributed by atoms with Crippen molar-refractivity contribution in [3.63, 3.8) is 0 Å². The summed E-state index contributed by atoms with van der Waals surface area (Å²) in [6.45, 7) is 5.76. The molecule has 1 aromatic heterocycles. The number of nitrogens with zero attached hydrogens (tertiary/aromatic N) is 1. The molecule has 0 aliphatic carbocycles. The van der Waals surface area contributed by atoms with Gasteiger partial charge < -0.3 is 14.6 Å². The van der Waals surface area contributed by atoms with Crippen molar-refractivity contribution in [2.24, 2.45) is 5.14 Å². The molecule has 158 valence electrons. The third kappa shape index (κ3) is 5.05. The molecule has 0 spiro atoms. The largest absolute Gasteiger partial charge is 0.489 e. The molecule has 0 saturated heterocycles. The van der Waals surface area contributed by atoms with Gasteiger partial charge in [0, 0.05) is 5.56 Å². The fourth-order valence-corrected chi connectivity index (χ4v) is 3.42. The minimum absolute atomic E-state index is 0.0212. The molecule has 0 aliphatic heterocycles. The van der Waals surface area contributed by atoms with Gasteiger partial charge in [-0.2, -0.15) is 0 Å². The van der Waals surface area contributed by atoms with Crippen molar-refractivity contribution >= 4 is 15.9 Å². The second-order valence-corrected chi connectivity index (χ2v) is 8.49. The number of hydrogen-bond acceptors (Lipinski definition) is 6. The second kappa shape index (κ2) is 8.68. The van der Waals surface area contributed by atoms with Gasteiger partial charge in [-0.25, -0.2) is 13.6 Å². The summed E-state index contributed by atoms with van der Waals surface area (Å²) in [5, 5.41) is 11.9. The maximum atomic E-state index is 12.6. The lowest BCUT2D eigenvalue weighted by molar-refractivity contribution is 0.0939. The third-order valence-electron chi connectivity index (χ3n) is 4.72. The highest BCUT2D eigenvalue weighted by Gasteiger charge is 2.15. The summed E-state index contributed by atoms with van der Waals surface area (Å²) in [6.07, 6.45) is 0. The van der Waals surface area contributed by atoms with E-state index >= 15 is 0 Å². The maximum absolute atomic E-state index is 12.6. The number of carbonyl (C=O) groups is 1. The molecule has 0 saturated carbocycles. The van der Waals surface area contributed by atoms with Crippen LogP contribution in [-0.2, 0) is 16.6 Å². The molecule has 0 radical (unpaired) electrons. The average Bonchev–Trinajstić information content (AvgIpc) is 3.03. The first kappa shape index (κ1) is 21.5. The minimum atomic E-state index is -3.75. The molecule has 1 heterocycles. The molecule has 0 bridgehead atoms. The Labute approximate surface area is 175 Å². The first-order chi connectivity index (χ1) is 14.1. The van der Waals surface area contributed by atoms with Gasteiger partial charge in [0.15, 0.2) is 0 Å². The lowest BCUT2D eigenvalue weighted by atomic mass is 10.1. The van der Waals surface area contributed by atoms with Crippen LogP contribution < -0.4 is 15.2 Å². The number of primary sulfonamides is 1. The molecule has 1 unspecified atom stereocenters. The van der Waals surface area contributed by atoms with E-state index in [2.05, 4.69) is 10.5 Å². The van der Waals surface area contributed by atoms with Gasteiger partial charge in [-0.15, -0.1) is 0 Å². The summed E-state index contributed by atoms with van der Waals surface area (Å²) < 4.78 is 33.6. The molecule has 0 fully saturated rings. The van der Waals surface area contributed by atoms with Gasteiger partial charge in [0.05, 0.1) is 22.2 Å². The first-order valence-electron chi connectivity index (χ1n) is 9.23. The fourth-order valence-electron chi connectivity index (χ4n) is 2.90. The van der Waals surface area contributed by atoms with Crippen LogP contribution in [0.1, 0.15) is 45.9 Å². The zero-order valence-electron chi connectivity index (χ0n) is 16.9. The van der Waals surface area contributed by atoms with Gasteiger partial charge >= 0.3 is 0 Å². The smallest absolute Gasteiger partial charge is 0.251 e. The van der Waals surface area contributed by atoms with Crippen LogP contribution in [0.4, 0.5) is 0 Å². The number of aryl methyl sites for hydroxylation is 2. The Bertz CT molecular complexity index is 1130. The minimum Gasteiger partial charge on any atom is -0.489 e. The van der Waals surface area contributed by atoms with E-state index < -0.39 is 10.0 Å². The van der Waals surface area contributed by atoms with Crippen LogP contribution >= 0.6 is 0 Å². The third-order valence-corrected chi connectivity index (χ3v) is 5.65. The number of ether oxygens (including phenoxy) is 1. The van der Waals surface area contributed by atoms with E-state index in [9.17, 15) is 13.2 Å². The Morgan fingerprint density at radius 2 is 1.90 bits per heavy atom. The number of benzene rings is 2. The predicted octanol–water partition coefficient (Wildman–Crippen LogP) is 3.01. The Morgan fingerprint density at radius 3 is 2.50 bits per heavy atom. The van der Waals surface area contributed by atoms with Crippen LogP contribution in [-0.4, -0.2) is 19.5 Å². The average molecular weight is 429 g/mol. The van der Waals surface area contributed by atoms with Crippen molar-refractivity contribution in [3.05, 3.63) is 76.7 Å². The molecular formula is C21H23N3O5S. The van der Waals surface area contributed by atoms with Gasteiger partial charge in [0.2, 0.25) is 10.0 Å². The highest BCUT2D eigenvalue weighted by atomic mass is 32.2. The number of nitrogens with two attached hydrogens (primary N) is 1. The number of carbonyl (C=O) groups excluding carboxylic acids is 1. The van der Waals surface area contributed by atoms with E-state index in [4.69, 9.17) is 14.4 Å². The Balaban J connectivity index is 1.66. The molecule has 3 aromatic rings.